The quantitative estimate of drug-likeness (QED) is 0.884. The van der Waals surface area contributed by atoms with Crippen LogP contribution in [0.15, 0.2) is 30.3 Å². The second-order valence-corrected chi connectivity index (χ2v) is 6.08. The van der Waals surface area contributed by atoms with Gasteiger partial charge < -0.3 is 14.9 Å². The molecule has 1 saturated heterocycles. The summed E-state index contributed by atoms with van der Waals surface area (Å²) in [4.78, 5) is 27.1. The number of benzene rings is 1. The fraction of sp³-hybridized carbons (Fsp3) is 0.353. The number of amides is 1. The van der Waals surface area contributed by atoms with Gasteiger partial charge in [-0.25, -0.2) is 9.18 Å². The largest absolute Gasteiger partial charge is 0.477 e. The Morgan fingerprint density at radius 1 is 1.28 bits per heavy atom. The van der Waals surface area contributed by atoms with Gasteiger partial charge in [-0.3, -0.25) is 9.89 Å². The van der Waals surface area contributed by atoms with E-state index in [1.165, 1.54) is 18.2 Å². The van der Waals surface area contributed by atoms with Gasteiger partial charge in [0.25, 0.3) is 5.91 Å². The summed E-state index contributed by atoms with van der Waals surface area (Å²) in [6, 6.07) is 7.68. The molecular formula is C17H19FN4O3. The molecular weight excluding hydrogens is 327 g/mol. The minimum Gasteiger partial charge on any atom is -0.477 e. The Labute approximate surface area is 144 Å². The number of nitrogens with zero attached hydrogens (tertiary/aromatic N) is 3. The molecule has 1 aromatic carbocycles. The Morgan fingerprint density at radius 2 is 1.92 bits per heavy atom. The first-order valence-electron chi connectivity index (χ1n) is 8.02. The van der Waals surface area contributed by atoms with Gasteiger partial charge in [0.2, 0.25) is 0 Å². The highest BCUT2D eigenvalue weighted by atomic mass is 19.1. The predicted molar refractivity (Wildman–Crippen MR) is 89.3 cm³/mol. The van der Waals surface area contributed by atoms with E-state index in [1.807, 2.05) is 0 Å². The molecule has 25 heavy (non-hydrogen) atoms. The molecule has 7 nitrogen and oxygen atoms in total. The molecule has 0 bridgehead atoms. The van der Waals surface area contributed by atoms with Crippen LogP contribution in [0, 0.1) is 5.82 Å². The van der Waals surface area contributed by atoms with Gasteiger partial charge in [-0.2, -0.15) is 5.10 Å². The maximum atomic E-state index is 13.0. The topological polar surface area (TPSA) is 89.5 Å². The van der Waals surface area contributed by atoms with Crippen molar-refractivity contribution in [2.75, 3.05) is 25.0 Å². The summed E-state index contributed by atoms with van der Waals surface area (Å²) in [7, 11) is 1.70. The van der Waals surface area contributed by atoms with E-state index in [2.05, 4.69) is 15.1 Å². The monoisotopic (exact) mass is 346 g/mol. The van der Waals surface area contributed by atoms with Crippen molar-refractivity contribution in [3.63, 3.8) is 0 Å². The average molecular weight is 346 g/mol. The molecule has 2 N–H and O–H groups in total. The second-order valence-electron chi connectivity index (χ2n) is 6.08. The Kier molecular flexibility index (Phi) is 4.69. The highest BCUT2D eigenvalue weighted by Gasteiger charge is 2.27. The number of rotatable bonds is 4. The van der Waals surface area contributed by atoms with Crippen LogP contribution in [0.2, 0.25) is 0 Å². The number of piperidine rings is 1. The van der Waals surface area contributed by atoms with Crippen molar-refractivity contribution in [2.24, 2.45) is 0 Å². The van der Waals surface area contributed by atoms with Crippen LogP contribution in [-0.4, -0.2) is 58.3 Å². The summed E-state index contributed by atoms with van der Waals surface area (Å²) in [6.45, 7) is 1.52. The van der Waals surface area contributed by atoms with Gasteiger partial charge in [0.15, 0.2) is 5.69 Å². The molecule has 2 heterocycles. The van der Waals surface area contributed by atoms with Gasteiger partial charge in [0, 0.05) is 37.9 Å². The van der Waals surface area contributed by atoms with Crippen LogP contribution < -0.4 is 4.90 Å². The number of carbonyl (C=O) groups is 2. The van der Waals surface area contributed by atoms with Crippen molar-refractivity contribution in [1.82, 2.24) is 15.1 Å². The van der Waals surface area contributed by atoms with Crippen molar-refractivity contribution in [3.05, 3.63) is 47.5 Å². The normalized spacial score (nSPS) is 15.2. The number of aromatic amines is 1. The number of carbonyl (C=O) groups excluding carboxylic acids is 1. The van der Waals surface area contributed by atoms with Crippen molar-refractivity contribution in [2.45, 2.75) is 18.9 Å². The van der Waals surface area contributed by atoms with Crippen molar-refractivity contribution < 1.29 is 19.1 Å². The fourth-order valence-electron chi connectivity index (χ4n) is 3.05. The Morgan fingerprint density at radius 3 is 2.48 bits per heavy atom. The Balaban J connectivity index is 1.60. The predicted octanol–water partition coefficient (Wildman–Crippen LogP) is 1.99. The molecule has 1 fully saturated rings. The lowest BCUT2D eigenvalue weighted by Gasteiger charge is -2.37. The molecule has 0 radical (unpaired) electrons. The summed E-state index contributed by atoms with van der Waals surface area (Å²) < 4.78 is 13.0. The molecule has 1 amide bonds. The molecule has 2 aromatic rings. The molecule has 8 heteroatoms. The minimum atomic E-state index is -1.15. The SMILES string of the molecule is CN(C(=O)c1cc(C(=O)O)[nH]n1)C1CCN(c2ccc(F)cc2)CC1. The third kappa shape index (κ3) is 3.62. The summed E-state index contributed by atoms with van der Waals surface area (Å²) >= 11 is 0. The van der Waals surface area contributed by atoms with E-state index < -0.39 is 5.97 Å². The summed E-state index contributed by atoms with van der Waals surface area (Å²) in [5.74, 6) is -1.71. The summed E-state index contributed by atoms with van der Waals surface area (Å²) in [6.07, 6.45) is 1.55. The van der Waals surface area contributed by atoms with Crippen LogP contribution in [0.5, 0.6) is 0 Å². The van der Waals surface area contributed by atoms with Crippen LogP contribution in [-0.2, 0) is 0 Å². The highest BCUT2D eigenvalue weighted by Crippen LogP contribution is 2.23. The first-order chi connectivity index (χ1) is 12.0. The Hall–Kier alpha value is -2.90. The van der Waals surface area contributed by atoms with E-state index in [4.69, 9.17) is 5.11 Å². The number of carboxylic acids is 1. The molecule has 132 valence electrons. The third-order valence-corrected chi connectivity index (χ3v) is 4.55. The van der Waals surface area contributed by atoms with E-state index in [0.29, 0.717) is 0 Å². The first kappa shape index (κ1) is 16.9. The molecule has 0 unspecified atom stereocenters. The molecule has 1 aromatic heterocycles. The van der Waals surface area contributed by atoms with Crippen LogP contribution in [0.4, 0.5) is 10.1 Å². The van der Waals surface area contributed by atoms with E-state index in [1.54, 1.807) is 24.1 Å². The lowest BCUT2D eigenvalue weighted by atomic mass is 10.0. The van der Waals surface area contributed by atoms with Crippen molar-refractivity contribution in [3.8, 4) is 0 Å². The maximum Gasteiger partial charge on any atom is 0.353 e. The molecule has 0 aliphatic carbocycles. The van der Waals surface area contributed by atoms with Gasteiger partial charge in [-0.1, -0.05) is 0 Å². The smallest absolute Gasteiger partial charge is 0.353 e. The summed E-state index contributed by atoms with van der Waals surface area (Å²) in [5, 5.41) is 15.0. The van der Waals surface area contributed by atoms with Crippen LogP contribution >= 0.6 is 0 Å². The summed E-state index contributed by atoms with van der Waals surface area (Å²) in [5.41, 5.74) is 0.955. The van der Waals surface area contributed by atoms with Crippen LogP contribution in [0.25, 0.3) is 0 Å². The van der Waals surface area contributed by atoms with Gasteiger partial charge in [-0.05, 0) is 37.1 Å². The lowest BCUT2D eigenvalue weighted by Crippen LogP contribution is -2.45. The number of hydrogen-bond donors (Lipinski definition) is 2. The van der Waals surface area contributed by atoms with E-state index in [-0.39, 0.29) is 29.2 Å². The van der Waals surface area contributed by atoms with Crippen molar-refractivity contribution in [1.29, 1.82) is 0 Å². The van der Waals surface area contributed by atoms with Gasteiger partial charge in [0.1, 0.15) is 11.5 Å². The molecule has 1 aliphatic rings. The number of carboxylic acid groups (broad SMARTS) is 1. The van der Waals surface area contributed by atoms with Crippen LogP contribution in [0.3, 0.4) is 0 Å². The molecule has 1 aliphatic heterocycles. The average Bonchev–Trinajstić information content (AvgIpc) is 3.12. The highest BCUT2D eigenvalue weighted by molar-refractivity contribution is 5.95. The van der Waals surface area contributed by atoms with Gasteiger partial charge in [-0.15, -0.1) is 0 Å². The molecule has 3 rings (SSSR count). The zero-order chi connectivity index (χ0) is 18.0. The van der Waals surface area contributed by atoms with Crippen LogP contribution in [0.1, 0.15) is 33.8 Å². The molecule has 0 saturated carbocycles. The number of anilines is 1. The lowest BCUT2D eigenvalue weighted by molar-refractivity contribution is 0.0688. The number of halogens is 1. The van der Waals surface area contributed by atoms with Gasteiger partial charge in [0.05, 0.1) is 0 Å². The molecule has 0 spiro atoms. The number of aromatic carboxylic acids is 1. The number of H-pyrrole nitrogens is 1. The number of hydrogen-bond acceptors (Lipinski definition) is 4. The molecule has 0 atom stereocenters. The third-order valence-electron chi connectivity index (χ3n) is 4.55. The minimum absolute atomic E-state index is 0.0502. The maximum absolute atomic E-state index is 13.0. The van der Waals surface area contributed by atoms with Crippen molar-refractivity contribution >= 4 is 17.6 Å². The van der Waals surface area contributed by atoms with Gasteiger partial charge >= 0.3 is 5.97 Å². The first-order valence-corrected chi connectivity index (χ1v) is 8.02. The Bertz CT molecular complexity index is 766. The standard InChI is InChI=1S/C17H19FN4O3/c1-21(16(23)14-10-15(17(24)25)20-19-14)12-6-8-22(9-7-12)13-4-2-11(18)3-5-13/h2-5,10,12H,6-9H2,1H3,(H,19,20)(H,24,25). The number of aromatic nitrogens is 2. The van der Waals surface area contributed by atoms with E-state index in [0.717, 1.165) is 31.6 Å². The fourth-order valence-corrected chi connectivity index (χ4v) is 3.05. The van der Waals surface area contributed by atoms with E-state index in [9.17, 15) is 14.0 Å². The zero-order valence-electron chi connectivity index (χ0n) is 13.8. The zero-order valence-corrected chi connectivity index (χ0v) is 13.8. The number of nitrogens with one attached hydrogen (secondary N) is 1. The van der Waals surface area contributed by atoms with E-state index >= 15 is 0 Å². The second kappa shape index (κ2) is 6.92.